The van der Waals surface area contributed by atoms with Crippen LogP contribution in [0, 0.1) is 0 Å². The molecule has 48 heavy (non-hydrogen) atoms. The number of amides is 5. The van der Waals surface area contributed by atoms with Gasteiger partial charge in [0, 0.05) is 45.7 Å². The van der Waals surface area contributed by atoms with E-state index in [0.29, 0.717) is 25.9 Å². The Morgan fingerprint density at radius 3 is 2.17 bits per heavy atom. The largest absolute Gasteiger partial charge is 0.508 e. The number of guanidine groups is 1. The first-order chi connectivity index (χ1) is 23.2. The van der Waals surface area contributed by atoms with Gasteiger partial charge >= 0.3 is 6.03 Å². The second kappa shape index (κ2) is 18.0. The van der Waals surface area contributed by atoms with E-state index in [1.54, 1.807) is 31.2 Å². The molecule has 0 bridgehead atoms. The summed E-state index contributed by atoms with van der Waals surface area (Å²) in [5, 5.41) is 23.2. The molecule has 1 aliphatic heterocycles. The number of urea groups is 1. The van der Waals surface area contributed by atoms with Crippen molar-refractivity contribution in [1.29, 1.82) is 0 Å². The summed E-state index contributed by atoms with van der Waals surface area (Å²) < 4.78 is 0. The number of hydrogen-bond acceptors (Lipinski definition) is 7. The number of aromatic hydroxyl groups is 1. The number of aliphatic imine (C=N–C) groups is 1. The van der Waals surface area contributed by atoms with Gasteiger partial charge in [0.1, 0.15) is 17.8 Å². The third-order valence-electron chi connectivity index (χ3n) is 7.86. The normalized spacial score (nSPS) is 13.9. The van der Waals surface area contributed by atoms with Crippen molar-refractivity contribution in [1.82, 2.24) is 31.5 Å². The first-order valence-corrected chi connectivity index (χ1v) is 16.1. The van der Waals surface area contributed by atoms with E-state index < -0.39 is 18.1 Å². The number of carbonyl (C=O) groups is 4. The van der Waals surface area contributed by atoms with Gasteiger partial charge < -0.3 is 32.1 Å². The maximum atomic E-state index is 14.0. The lowest BCUT2D eigenvalue weighted by Crippen LogP contribution is -2.50. The molecule has 13 heteroatoms. The number of carbonyl (C=O) groups excluding carboxylic acids is 4. The maximum Gasteiger partial charge on any atom is 0.321 e. The Labute approximate surface area is 280 Å². The first kappa shape index (κ1) is 35.4. The number of nitrogens with zero attached hydrogens (tertiary/aromatic N) is 2. The number of phenols is 1. The molecule has 8 N–H and O–H groups in total. The Bertz CT molecular complexity index is 1540. The van der Waals surface area contributed by atoms with Crippen LogP contribution >= 0.6 is 0 Å². The van der Waals surface area contributed by atoms with E-state index in [4.69, 9.17) is 5.73 Å². The van der Waals surface area contributed by atoms with E-state index >= 15 is 0 Å². The molecule has 0 fully saturated rings. The first-order valence-electron chi connectivity index (χ1n) is 16.1. The Morgan fingerprint density at radius 2 is 1.50 bits per heavy atom. The summed E-state index contributed by atoms with van der Waals surface area (Å²) in [7, 11) is 0. The topological polar surface area (TPSA) is 190 Å². The summed E-state index contributed by atoms with van der Waals surface area (Å²) in [4.78, 5) is 57.2. The van der Waals surface area contributed by atoms with Gasteiger partial charge in [0.15, 0.2) is 5.96 Å². The highest BCUT2D eigenvalue weighted by Gasteiger charge is 2.34. The van der Waals surface area contributed by atoms with Crippen molar-refractivity contribution in [3.8, 4) is 5.75 Å². The number of phenolic OH excluding ortho intramolecular Hbond substituents is 1. The molecule has 1 heterocycles. The van der Waals surface area contributed by atoms with Gasteiger partial charge in [-0.2, -0.15) is 0 Å². The second-order valence-corrected chi connectivity index (χ2v) is 11.4. The van der Waals surface area contributed by atoms with Gasteiger partial charge in [0.2, 0.25) is 17.7 Å². The Kier molecular flexibility index (Phi) is 13.3. The monoisotopic (exact) mass is 656 g/mol. The zero-order chi connectivity index (χ0) is 34.3. The molecule has 1 aliphatic rings. The van der Waals surface area contributed by atoms with Crippen LogP contribution < -0.4 is 32.3 Å². The van der Waals surface area contributed by atoms with Gasteiger partial charge in [-0.05, 0) is 47.2 Å². The molecule has 0 aromatic heterocycles. The van der Waals surface area contributed by atoms with Crippen molar-refractivity contribution in [3.63, 3.8) is 0 Å². The van der Waals surface area contributed by atoms with Gasteiger partial charge in [-0.15, -0.1) is 0 Å². The zero-order valence-corrected chi connectivity index (χ0v) is 27.1. The molecule has 3 aromatic carbocycles. The minimum atomic E-state index is -0.878. The van der Waals surface area contributed by atoms with Crippen LogP contribution in [0.1, 0.15) is 54.5 Å². The van der Waals surface area contributed by atoms with Crippen LogP contribution in [0.4, 0.5) is 4.79 Å². The van der Waals surface area contributed by atoms with Crippen molar-refractivity contribution in [2.75, 3.05) is 19.6 Å². The van der Waals surface area contributed by atoms with Crippen molar-refractivity contribution < 1.29 is 24.3 Å². The predicted molar refractivity (Wildman–Crippen MR) is 182 cm³/mol. The third kappa shape index (κ3) is 10.8. The molecule has 254 valence electrons. The van der Waals surface area contributed by atoms with Crippen molar-refractivity contribution in [2.45, 2.75) is 57.9 Å². The molecule has 13 nitrogen and oxygen atoms in total. The quantitative estimate of drug-likeness (QED) is 0.0741. The average Bonchev–Trinajstić information content (AvgIpc) is 3.51. The number of hydrogen-bond donors (Lipinski definition) is 7. The van der Waals surface area contributed by atoms with Crippen LogP contribution in [0.5, 0.6) is 5.75 Å². The summed E-state index contributed by atoms with van der Waals surface area (Å²) in [5.74, 6) is -0.745. The molecular weight excluding hydrogens is 612 g/mol. The van der Waals surface area contributed by atoms with E-state index in [0.717, 1.165) is 22.3 Å². The van der Waals surface area contributed by atoms with Crippen LogP contribution in [0.25, 0.3) is 0 Å². The molecule has 5 amide bonds. The number of nitrogens with two attached hydrogens (primary N) is 1. The van der Waals surface area contributed by atoms with Crippen LogP contribution in [-0.4, -0.2) is 65.4 Å². The molecule has 4 rings (SSSR count). The summed E-state index contributed by atoms with van der Waals surface area (Å²) >= 11 is 0. The van der Waals surface area contributed by atoms with Crippen molar-refractivity contribution in [2.24, 2.45) is 10.7 Å². The third-order valence-corrected chi connectivity index (χ3v) is 7.86. The summed E-state index contributed by atoms with van der Waals surface area (Å²) in [6, 6.07) is 22.0. The molecule has 0 aliphatic carbocycles. The highest BCUT2D eigenvalue weighted by molar-refractivity contribution is 5.95. The van der Waals surface area contributed by atoms with Gasteiger partial charge in [-0.25, -0.2) is 4.79 Å². The predicted octanol–water partition coefficient (Wildman–Crippen LogP) is 2.17. The Hall–Kier alpha value is -5.43. The SMILES string of the molecule is CCC(=O)NCCNC(=O)NC(N)=NCCCC(NC(=O)[C@H](c1ccccc1)N1Cc2ccccc2C1)C(=O)NCc1ccc(O)cc1. The highest BCUT2D eigenvalue weighted by Crippen LogP contribution is 2.31. The van der Waals surface area contributed by atoms with Gasteiger partial charge in [0.25, 0.3) is 0 Å². The van der Waals surface area contributed by atoms with Crippen LogP contribution in [0.3, 0.4) is 0 Å². The van der Waals surface area contributed by atoms with E-state index in [-0.39, 0.29) is 62.0 Å². The molecule has 0 radical (unpaired) electrons. The number of benzene rings is 3. The summed E-state index contributed by atoms with van der Waals surface area (Å²) in [6.45, 7) is 3.85. The average molecular weight is 657 g/mol. The second-order valence-electron chi connectivity index (χ2n) is 11.4. The Balaban J connectivity index is 1.39. The minimum Gasteiger partial charge on any atom is -0.508 e. The van der Waals surface area contributed by atoms with Crippen LogP contribution in [-0.2, 0) is 34.0 Å². The number of fused-ring (bicyclic) bond motifs is 1. The van der Waals surface area contributed by atoms with Crippen LogP contribution in [0.2, 0.25) is 0 Å². The fraction of sp³-hybridized carbons (Fsp3) is 0.343. The van der Waals surface area contributed by atoms with Gasteiger partial charge in [-0.3, -0.25) is 29.6 Å². The summed E-state index contributed by atoms with van der Waals surface area (Å²) in [5.41, 5.74) is 9.81. The lowest BCUT2D eigenvalue weighted by molar-refractivity contribution is -0.132. The lowest BCUT2D eigenvalue weighted by atomic mass is 10.0. The smallest absolute Gasteiger partial charge is 0.321 e. The maximum absolute atomic E-state index is 14.0. The van der Waals surface area contributed by atoms with Gasteiger partial charge in [0.05, 0.1) is 0 Å². The molecule has 0 saturated carbocycles. The molecular formula is C35H44N8O5. The molecule has 2 atom stereocenters. The molecule has 1 unspecified atom stereocenters. The minimum absolute atomic E-state index is 0.0970. The summed E-state index contributed by atoms with van der Waals surface area (Å²) in [6.07, 6.45) is 1.00. The standard InChI is InChI=1S/C35H44N8O5/c1-2-30(45)37-19-20-39-35(48)42-34(36)38-18-8-13-29(32(46)40-21-24-14-16-28(44)17-15-24)41-33(47)31(25-9-4-3-5-10-25)43-22-26-11-6-7-12-27(26)23-43/h3-7,9-12,14-17,29,31,44H,2,8,13,18-23H2,1H3,(H,37,45)(H,40,46)(H,41,47)(H4,36,38,39,42,48)/t29?,31-/m0/s1. The van der Waals surface area contributed by atoms with E-state index in [1.165, 1.54) is 0 Å². The fourth-order valence-corrected chi connectivity index (χ4v) is 5.35. The lowest BCUT2D eigenvalue weighted by Gasteiger charge is -2.29. The molecule has 3 aromatic rings. The number of rotatable bonds is 15. The fourth-order valence-electron chi connectivity index (χ4n) is 5.35. The highest BCUT2D eigenvalue weighted by atomic mass is 16.3. The molecule has 0 saturated heterocycles. The molecule has 0 spiro atoms. The van der Waals surface area contributed by atoms with E-state index in [9.17, 15) is 24.3 Å². The van der Waals surface area contributed by atoms with Crippen molar-refractivity contribution in [3.05, 3.63) is 101 Å². The number of nitrogens with one attached hydrogen (secondary N) is 5. The van der Waals surface area contributed by atoms with Crippen LogP contribution in [0.15, 0.2) is 83.9 Å². The van der Waals surface area contributed by atoms with E-state index in [1.807, 2.05) is 42.5 Å². The van der Waals surface area contributed by atoms with E-state index in [2.05, 4.69) is 48.6 Å². The zero-order valence-electron chi connectivity index (χ0n) is 27.1. The Morgan fingerprint density at radius 1 is 0.854 bits per heavy atom. The van der Waals surface area contributed by atoms with Gasteiger partial charge in [-0.1, -0.05) is 73.7 Å². The van der Waals surface area contributed by atoms with Crippen molar-refractivity contribution >= 4 is 29.7 Å².